The number of hydrogen-bond acceptors (Lipinski definition) is 7. The van der Waals surface area contributed by atoms with Crippen molar-refractivity contribution < 1.29 is 33.3 Å². The van der Waals surface area contributed by atoms with Crippen molar-refractivity contribution >= 4 is 11.9 Å². The van der Waals surface area contributed by atoms with Crippen LogP contribution >= 0.6 is 0 Å². The third-order valence-corrected chi connectivity index (χ3v) is 7.29. The molecule has 2 heterocycles. The predicted octanol–water partition coefficient (Wildman–Crippen LogP) is 5.60. The van der Waals surface area contributed by atoms with Gasteiger partial charge >= 0.3 is 5.97 Å². The second kappa shape index (κ2) is 15.9. The summed E-state index contributed by atoms with van der Waals surface area (Å²) in [6.45, 7) is 4.13. The van der Waals surface area contributed by atoms with Crippen LogP contribution in [0.4, 0.5) is 0 Å². The van der Waals surface area contributed by atoms with Gasteiger partial charge in [0.05, 0.1) is 13.2 Å². The summed E-state index contributed by atoms with van der Waals surface area (Å²) in [5.74, 6) is -0.595. The Morgan fingerprint density at radius 3 is 2.27 bits per heavy atom. The Kier molecular flexibility index (Phi) is 12.0. The molecule has 0 spiro atoms. The van der Waals surface area contributed by atoms with Gasteiger partial charge in [0.2, 0.25) is 5.91 Å². The van der Waals surface area contributed by atoms with Crippen LogP contribution in [-0.4, -0.2) is 49.1 Å². The molecule has 2 saturated heterocycles. The number of ether oxygens (including phenoxy) is 5. The molecule has 0 saturated carbocycles. The van der Waals surface area contributed by atoms with E-state index in [0.717, 1.165) is 30.4 Å². The maximum Gasteiger partial charge on any atom is 0.306 e. The number of rotatable bonds is 14. The molecule has 1 amide bonds. The van der Waals surface area contributed by atoms with E-state index in [4.69, 9.17) is 23.7 Å². The Bertz CT molecular complexity index is 1030. The zero-order chi connectivity index (χ0) is 28.2. The molecule has 0 unspecified atom stereocenters. The van der Waals surface area contributed by atoms with Crippen molar-refractivity contribution in [1.82, 2.24) is 5.32 Å². The van der Waals surface area contributed by atoms with E-state index in [1.807, 2.05) is 60.7 Å². The van der Waals surface area contributed by atoms with Gasteiger partial charge in [0.15, 0.2) is 18.7 Å². The van der Waals surface area contributed by atoms with Gasteiger partial charge in [0.1, 0.15) is 18.2 Å². The fraction of sp³-hybridized carbons (Fsp3) is 0.562. The Labute approximate surface area is 237 Å². The summed E-state index contributed by atoms with van der Waals surface area (Å²) in [5, 5.41) is 2.92. The summed E-state index contributed by atoms with van der Waals surface area (Å²) in [6, 6.07) is 18.6. The van der Waals surface area contributed by atoms with Crippen molar-refractivity contribution in [3.8, 4) is 0 Å². The monoisotopic (exact) mass is 553 g/mol. The van der Waals surface area contributed by atoms with Crippen molar-refractivity contribution in [2.75, 3.05) is 6.61 Å². The molecule has 40 heavy (non-hydrogen) atoms. The molecule has 0 aromatic heterocycles. The van der Waals surface area contributed by atoms with Gasteiger partial charge in [-0.25, -0.2) is 0 Å². The first-order valence-corrected chi connectivity index (χ1v) is 14.6. The summed E-state index contributed by atoms with van der Waals surface area (Å²) < 4.78 is 30.9. The molecule has 2 aliphatic heterocycles. The quantitative estimate of drug-likeness (QED) is 0.241. The van der Waals surface area contributed by atoms with Gasteiger partial charge in [0, 0.05) is 18.9 Å². The molecule has 218 valence electrons. The van der Waals surface area contributed by atoms with Gasteiger partial charge in [-0.05, 0) is 12.0 Å². The highest BCUT2D eigenvalue weighted by molar-refractivity contribution is 5.73. The van der Waals surface area contributed by atoms with E-state index in [0.29, 0.717) is 6.42 Å². The Morgan fingerprint density at radius 2 is 1.57 bits per heavy atom. The lowest BCUT2D eigenvalue weighted by Gasteiger charge is -2.48. The highest BCUT2D eigenvalue weighted by atomic mass is 16.8. The number of fused-ring (bicyclic) bond motifs is 1. The fourth-order valence-electron chi connectivity index (χ4n) is 5.21. The summed E-state index contributed by atoms with van der Waals surface area (Å²) in [5.41, 5.74) is 1.81. The molecule has 0 bridgehead atoms. The molecule has 2 fully saturated rings. The molecular weight excluding hydrogens is 510 g/mol. The third-order valence-electron chi connectivity index (χ3n) is 7.29. The molecule has 0 aliphatic carbocycles. The van der Waals surface area contributed by atoms with E-state index in [-0.39, 0.29) is 25.1 Å². The lowest BCUT2D eigenvalue weighted by Crippen LogP contribution is -2.67. The van der Waals surface area contributed by atoms with Crippen molar-refractivity contribution in [1.29, 1.82) is 0 Å². The van der Waals surface area contributed by atoms with Gasteiger partial charge in [-0.1, -0.05) is 106 Å². The van der Waals surface area contributed by atoms with Gasteiger partial charge in [0.25, 0.3) is 0 Å². The summed E-state index contributed by atoms with van der Waals surface area (Å²) in [6.07, 6.45) is 4.55. The average Bonchev–Trinajstić information content (AvgIpc) is 2.97. The molecule has 8 nitrogen and oxygen atoms in total. The van der Waals surface area contributed by atoms with Crippen LogP contribution in [0.15, 0.2) is 60.7 Å². The van der Waals surface area contributed by atoms with Crippen LogP contribution in [0.1, 0.15) is 82.6 Å². The van der Waals surface area contributed by atoms with E-state index in [1.54, 1.807) is 0 Å². The number of esters is 1. The summed E-state index contributed by atoms with van der Waals surface area (Å²) in [4.78, 5) is 25.4. The second-order valence-electron chi connectivity index (χ2n) is 10.6. The van der Waals surface area contributed by atoms with Gasteiger partial charge in [-0.2, -0.15) is 0 Å². The number of unbranched alkanes of at least 4 members (excludes halogenated alkanes) is 6. The first kappa shape index (κ1) is 30.2. The van der Waals surface area contributed by atoms with Gasteiger partial charge in [-0.15, -0.1) is 0 Å². The van der Waals surface area contributed by atoms with Crippen LogP contribution in [0.5, 0.6) is 0 Å². The molecule has 2 aromatic carbocycles. The van der Waals surface area contributed by atoms with Gasteiger partial charge in [-0.3, -0.25) is 9.59 Å². The molecule has 2 aliphatic rings. The SMILES string of the molecule is CCCCCCCCCC(=O)O[C@@H]1[C@H](NC(C)=O)[C@H](OCc2ccccc2)O[C@@H]2CO[C@@H](c3ccccc3)O[C@@H]12. The van der Waals surface area contributed by atoms with Gasteiger partial charge < -0.3 is 29.0 Å². The van der Waals surface area contributed by atoms with E-state index in [1.165, 1.54) is 32.6 Å². The lowest BCUT2D eigenvalue weighted by atomic mass is 9.95. The van der Waals surface area contributed by atoms with Crippen LogP contribution in [0.3, 0.4) is 0 Å². The highest BCUT2D eigenvalue weighted by Crippen LogP contribution is 2.36. The second-order valence-corrected chi connectivity index (χ2v) is 10.6. The van der Waals surface area contributed by atoms with Crippen molar-refractivity contribution in [3.63, 3.8) is 0 Å². The molecular formula is C32H43NO7. The average molecular weight is 554 g/mol. The molecule has 6 atom stereocenters. The maximum absolute atomic E-state index is 13.1. The molecule has 1 N–H and O–H groups in total. The minimum Gasteiger partial charge on any atom is -0.457 e. The predicted molar refractivity (Wildman–Crippen MR) is 150 cm³/mol. The van der Waals surface area contributed by atoms with E-state index in [2.05, 4.69) is 12.2 Å². The maximum atomic E-state index is 13.1. The first-order valence-electron chi connectivity index (χ1n) is 14.6. The van der Waals surface area contributed by atoms with E-state index >= 15 is 0 Å². The number of carbonyl (C=O) groups is 2. The smallest absolute Gasteiger partial charge is 0.306 e. The zero-order valence-corrected chi connectivity index (χ0v) is 23.7. The lowest BCUT2D eigenvalue weighted by molar-refractivity contribution is -0.346. The standard InChI is InChI=1S/C32H43NO7/c1-3-4-5-6-7-8-15-20-27(35)39-30-28(33-23(2)34)32(36-21-24-16-11-9-12-17-24)38-26-22-37-31(40-29(26)30)25-18-13-10-14-19-25/h9-14,16-19,26,28-32H,3-8,15,20-22H2,1-2H3,(H,33,34)/t26-,28+,29-,30-,31-,32-/m1/s1. The largest absolute Gasteiger partial charge is 0.457 e. The zero-order valence-electron chi connectivity index (χ0n) is 23.7. The van der Waals surface area contributed by atoms with Crippen LogP contribution in [0.2, 0.25) is 0 Å². The topological polar surface area (TPSA) is 92.3 Å². The molecule has 0 radical (unpaired) electrons. The Morgan fingerprint density at radius 1 is 0.900 bits per heavy atom. The normalized spacial score (nSPS) is 26.1. The molecule has 2 aromatic rings. The summed E-state index contributed by atoms with van der Waals surface area (Å²) in [7, 11) is 0. The third kappa shape index (κ3) is 8.86. The van der Waals surface area contributed by atoms with Crippen LogP contribution in [-0.2, 0) is 39.9 Å². The van der Waals surface area contributed by atoms with Crippen molar-refractivity contribution in [3.05, 3.63) is 71.8 Å². The number of benzene rings is 2. The highest BCUT2D eigenvalue weighted by Gasteiger charge is 2.52. The Hall–Kier alpha value is -2.78. The van der Waals surface area contributed by atoms with Crippen LogP contribution < -0.4 is 5.32 Å². The van der Waals surface area contributed by atoms with E-state index < -0.39 is 36.9 Å². The molecule has 4 rings (SSSR count). The first-order chi connectivity index (χ1) is 19.5. The number of hydrogen-bond donors (Lipinski definition) is 1. The van der Waals surface area contributed by atoms with Crippen molar-refractivity contribution in [2.45, 2.75) is 109 Å². The number of amides is 1. The Balaban J connectivity index is 1.47. The summed E-state index contributed by atoms with van der Waals surface area (Å²) >= 11 is 0. The minimum absolute atomic E-state index is 0.230. The van der Waals surface area contributed by atoms with Crippen LogP contribution in [0.25, 0.3) is 0 Å². The fourth-order valence-corrected chi connectivity index (χ4v) is 5.21. The number of nitrogens with one attached hydrogen (secondary N) is 1. The van der Waals surface area contributed by atoms with E-state index in [9.17, 15) is 9.59 Å². The van der Waals surface area contributed by atoms with Crippen molar-refractivity contribution in [2.24, 2.45) is 0 Å². The molecule has 8 heteroatoms. The minimum atomic E-state index is -0.859. The number of carbonyl (C=O) groups excluding carboxylic acids is 2. The van der Waals surface area contributed by atoms with Crippen LogP contribution in [0, 0.1) is 0 Å².